The summed E-state index contributed by atoms with van der Waals surface area (Å²) in [5, 5.41) is 14.2. The molecule has 5 nitrogen and oxygen atoms in total. The first-order valence-electron chi connectivity index (χ1n) is 6.18. The maximum absolute atomic E-state index is 9.18. The highest BCUT2D eigenvalue weighted by molar-refractivity contribution is 7.71. The topological polar surface area (TPSA) is 46.2 Å². The van der Waals surface area contributed by atoms with Gasteiger partial charge in [0.2, 0.25) is 0 Å². The number of nitrogens with zero attached hydrogens (tertiary/aromatic N) is 4. The summed E-state index contributed by atoms with van der Waals surface area (Å²) in [4.78, 5) is 2.09. The Morgan fingerprint density at radius 2 is 2.00 bits per heavy atom. The van der Waals surface area contributed by atoms with Crippen LogP contribution in [0.15, 0.2) is 24.3 Å². The lowest BCUT2D eigenvalue weighted by Crippen LogP contribution is -2.22. The minimum atomic E-state index is -0.117. The van der Waals surface area contributed by atoms with Crippen molar-refractivity contribution < 1.29 is 5.11 Å². The molecule has 0 unspecified atom stereocenters. The second-order valence-corrected chi connectivity index (χ2v) is 5.50. The maximum atomic E-state index is 9.18. The van der Waals surface area contributed by atoms with Gasteiger partial charge in [0.05, 0.1) is 6.67 Å². The Kier molecular flexibility index (Phi) is 4.93. The summed E-state index contributed by atoms with van der Waals surface area (Å²) in [6, 6.07) is 7.74. The monoisotopic (exact) mass is 312 g/mol. The fraction of sp³-hybridized carbons (Fsp3) is 0.385. The molecule has 108 valence electrons. The van der Waals surface area contributed by atoms with Gasteiger partial charge in [-0.1, -0.05) is 23.7 Å². The summed E-state index contributed by atoms with van der Waals surface area (Å²) in [5.74, 6) is 0.565. The molecule has 2 aromatic rings. The second kappa shape index (κ2) is 6.49. The minimum Gasteiger partial charge on any atom is -0.388 e. The Hall–Kier alpha value is -1.21. The number of hydrogen-bond acceptors (Lipinski definition) is 4. The van der Waals surface area contributed by atoms with Crippen LogP contribution in [0.4, 0.5) is 0 Å². The zero-order valence-corrected chi connectivity index (χ0v) is 13.0. The van der Waals surface area contributed by atoms with Crippen LogP contribution in [-0.2, 0) is 26.9 Å². The largest absolute Gasteiger partial charge is 0.388 e. The maximum Gasteiger partial charge on any atom is 0.198 e. The molecular formula is C13H17ClN4OS. The van der Waals surface area contributed by atoms with Gasteiger partial charge in [0.25, 0.3) is 0 Å². The standard InChI is InChI=1S/C13H17ClN4OS/c1-16(7-10-3-5-11(14)6-4-10)9-18-13(20)17(2)12(8-19)15-18/h3-6,19H,7-9H2,1-2H3. The Bertz CT molecular complexity index is 635. The Morgan fingerprint density at radius 3 is 2.55 bits per heavy atom. The lowest BCUT2D eigenvalue weighted by molar-refractivity contribution is 0.238. The average Bonchev–Trinajstić information content (AvgIpc) is 2.69. The van der Waals surface area contributed by atoms with Crippen molar-refractivity contribution in [2.45, 2.75) is 19.8 Å². The number of aromatic nitrogens is 3. The number of halogens is 1. The minimum absolute atomic E-state index is 0.117. The molecule has 2 rings (SSSR count). The van der Waals surface area contributed by atoms with E-state index in [-0.39, 0.29) is 6.61 Å². The van der Waals surface area contributed by atoms with Gasteiger partial charge < -0.3 is 9.67 Å². The highest BCUT2D eigenvalue weighted by Crippen LogP contribution is 2.11. The molecule has 1 N–H and O–H groups in total. The number of aliphatic hydroxyl groups is 1. The first-order chi connectivity index (χ1) is 9.51. The van der Waals surface area contributed by atoms with Crippen LogP contribution in [0.5, 0.6) is 0 Å². The summed E-state index contributed by atoms with van der Waals surface area (Å²) in [6.45, 7) is 1.22. The van der Waals surface area contributed by atoms with Crippen molar-refractivity contribution in [3.05, 3.63) is 45.4 Å². The molecule has 0 amide bonds. The van der Waals surface area contributed by atoms with E-state index >= 15 is 0 Å². The zero-order valence-electron chi connectivity index (χ0n) is 11.5. The summed E-state index contributed by atoms with van der Waals surface area (Å²) in [7, 11) is 3.79. The Balaban J connectivity index is 2.06. The highest BCUT2D eigenvalue weighted by atomic mass is 35.5. The van der Waals surface area contributed by atoms with Crippen molar-refractivity contribution >= 4 is 23.8 Å². The van der Waals surface area contributed by atoms with E-state index in [0.29, 0.717) is 17.3 Å². The molecule has 0 aliphatic heterocycles. The van der Waals surface area contributed by atoms with Crippen LogP contribution < -0.4 is 0 Å². The van der Waals surface area contributed by atoms with E-state index in [4.69, 9.17) is 23.8 Å². The smallest absolute Gasteiger partial charge is 0.198 e. The van der Waals surface area contributed by atoms with Crippen LogP contribution in [0.25, 0.3) is 0 Å². The van der Waals surface area contributed by atoms with E-state index in [1.807, 2.05) is 31.3 Å². The molecule has 0 spiro atoms. The second-order valence-electron chi connectivity index (χ2n) is 4.70. The molecule has 1 aromatic carbocycles. The molecule has 0 aliphatic rings. The van der Waals surface area contributed by atoms with Crippen LogP contribution >= 0.6 is 23.8 Å². The number of rotatable bonds is 5. The summed E-state index contributed by atoms with van der Waals surface area (Å²) in [6.07, 6.45) is 0. The first kappa shape index (κ1) is 15.2. The number of benzene rings is 1. The molecule has 0 saturated heterocycles. The van der Waals surface area contributed by atoms with Gasteiger partial charge in [-0.15, -0.1) is 0 Å². The average molecular weight is 313 g/mol. The van der Waals surface area contributed by atoms with Gasteiger partial charge >= 0.3 is 0 Å². The van der Waals surface area contributed by atoms with E-state index in [0.717, 1.165) is 11.6 Å². The third-order valence-electron chi connectivity index (χ3n) is 3.01. The van der Waals surface area contributed by atoms with Crippen LogP contribution in [0.3, 0.4) is 0 Å². The van der Waals surface area contributed by atoms with Gasteiger partial charge in [0.1, 0.15) is 6.61 Å². The van der Waals surface area contributed by atoms with Crippen molar-refractivity contribution in [3.8, 4) is 0 Å². The van der Waals surface area contributed by atoms with E-state index in [9.17, 15) is 5.11 Å². The van der Waals surface area contributed by atoms with Gasteiger partial charge in [-0.3, -0.25) is 4.90 Å². The van der Waals surface area contributed by atoms with Crippen molar-refractivity contribution in [3.63, 3.8) is 0 Å². The number of aliphatic hydroxyl groups excluding tert-OH is 1. The molecule has 0 radical (unpaired) electrons. The Labute approximate surface area is 128 Å². The SMILES string of the molecule is CN(Cc1ccc(Cl)cc1)Cn1nc(CO)n(C)c1=S. The molecule has 0 aliphatic carbocycles. The van der Waals surface area contributed by atoms with Gasteiger partial charge in [0.15, 0.2) is 10.6 Å². The molecule has 0 bridgehead atoms. The lowest BCUT2D eigenvalue weighted by Gasteiger charge is -2.16. The third-order valence-corrected chi connectivity index (χ3v) is 3.75. The lowest BCUT2D eigenvalue weighted by atomic mass is 10.2. The van der Waals surface area contributed by atoms with Crippen LogP contribution in [0.2, 0.25) is 5.02 Å². The van der Waals surface area contributed by atoms with Gasteiger partial charge in [-0.25, -0.2) is 4.68 Å². The normalized spacial score (nSPS) is 11.2. The van der Waals surface area contributed by atoms with Gasteiger partial charge in [-0.05, 0) is 37.0 Å². The molecular weight excluding hydrogens is 296 g/mol. The predicted octanol–water partition coefficient (Wildman–Crippen LogP) is 2.19. The summed E-state index contributed by atoms with van der Waals surface area (Å²) in [5.41, 5.74) is 1.17. The van der Waals surface area contributed by atoms with Crippen LogP contribution in [0.1, 0.15) is 11.4 Å². The molecule has 20 heavy (non-hydrogen) atoms. The highest BCUT2D eigenvalue weighted by Gasteiger charge is 2.08. The molecule has 0 atom stereocenters. The Morgan fingerprint density at radius 1 is 1.35 bits per heavy atom. The van der Waals surface area contributed by atoms with E-state index in [2.05, 4.69) is 10.00 Å². The van der Waals surface area contributed by atoms with Gasteiger partial charge in [0, 0.05) is 18.6 Å². The van der Waals surface area contributed by atoms with Crippen LogP contribution in [-0.4, -0.2) is 31.4 Å². The number of hydrogen-bond donors (Lipinski definition) is 1. The predicted molar refractivity (Wildman–Crippen MR) is 80.9 cm³/mol. The molecule has 7 heteroatoms. The first-order valence-corrected chi connectivity index (χ1v) is 6.96. The van der Waals surface area contributed by atoms with Crippen molar-refractivity contribution in [2.75, 3.05) is 7.05 Å². The molecule has 0 fully saturated rings. The van der Waals surface area contributed by atoms with Gasteiger partial charge in [-0.2, -0.15) is 5.10 Å². The molecule has 1 aromatic heterocycles. The van der Waals surface area contributed by atoms with E-state index in [1.165, 1.54) is 5.56 Å². The third kappa shape index (κ3) is 3.46. The van der Waals surface area contributed by atoms with E-state index in [1.54, 1.807) is 16.3 Å². The fourth-order valence-corrected chi connectivity index (χ4v) is 2.27. The molecule has 0 saturated carbocycles. The summed E-state index contributed by atoms with van der Waals surface area (Å²) < 4.78 is 4.01. The zero-order chi connectivity index (χ0) is 14.7. The summed E-state index contributed by atoms with van der Waals surface area (Å²) >= 11 is 11.2. The van der Waals surface area contributed by atoms with Crippen molar-refractivity contribution in [2.24, 2.45) is 7.05 Å². The quantitative estimate of drug-likeness (QED) is 0.860. The van der Waals surface area contributed by atoms with Crippen molar-refractivity contribution in [1.82, 2.24) is 19.2 Å². The molecule has 1 heterocycles. The fourth-order valence-electron chi connectivity index (χ4n) is 1.94. The van der Waals surface area contributed by atoms with Crippen molar-refractivity contribution in [1.29, 1.82) is 0 Å². The van der Waals surface area contributed by atoms with E-state index < -0.39 is 0 Å². The van der Waals surface area contributed by atoms with Crippen LogP contribution in [0, 0.1) is 4.77 Å².